The molecule has 0 fully saturated rings. The first-order valence-corrected chi connectivity index (χ1v) is 6.38. The van der Waals surface area contributed by atoms with Crippen molar-refractivity contribution in [1.82, 2.24) is 19.3 Å². The van der Waals surface area contributed by atoms with Crippen LogP contribution in [0.2, 0.25) is 0 Å². The Morgan fingerprint density at radius 1 is 1.35 bits per heavy atom. The SMILES string of the molecule is COc1cccc2c1nc(N)n2Cc1cnn(C)c1C. The van der Waals surface area contributed by atoms with Crippen LogP contribution in [0.5, 0.6) is 5.75 Å². The van der Waals surface area contributed by atoms with Crippen LogP contribution < -0.4 is 10.5 Å². The van der Waals surface area contributed by atoms with Gasteiger partial charge in [0.2, 0.25) is 5.95 Å². The fraction of sp³-hybridized carbons (Fsp3) is 0.286. The Hall–Kier alpha value is -2.50. The summed E-state index contributed by atoms with van der Waals surface area (Å²) in [5.74, 6) is 1.21. The van der Waals surface area contributed by atoms with Crippen molar-refractivity contribution in [3.05, 3.63) is 35.7 Å². The lowest BCUT2D eigenvalue weighted by molar-refractivity contribution is 0.419. The lowest BCUT2D eigenvalue weighted by atomic mass is 10.2. The van der Waals surface area contributed by atoms with Crippen LogP contribution in [0, 0.1) is 6.92 Å². The molecule has 0 amide bonds. The molecule has 6 nitrogen and oxygen atoms in total. The number of ether oxygens (including phenoxy) is 1. The summed E-state index contributed by atoms with van der Waals surface area (Å²) in [6.07, 6.45) is 1.86. The first-order valence-electron chi connectivity index (χ1n) is 6.38. The molecule has 3 aromatic rings. The Morgan fingerprint density at radius 3 is 2.80 bits per heavy atom. The molecule has 0 saturated carbocycles. The molecule has 0 radical (unpaired) electrons. The predicted octanol–water partition coefficient (Wildman–Crippen LogP) is 1.72. The highest BCUT2D eigenvalue weighted by Crippen LogP contribution is 2.27. The first kappa shape index (κ1) is 12.5. The van der Waals surface area contributed by atoms with Crippen molar-refractivity contribution < 1.29 is 4.74 Å². The summed E-state index contributed by atoms with van der Waals surface area (Å²) in [5.41, 5.74) is 10.0. The van der Waals surface area contributed by atoms with Crippen molar-refractivity contribution in [2.75, 3.05) is 12.8 Å². The van der Waals surface area contributed by atoms with E-state index < -0.39 is 0 Å². The molecule has 0 unspecified atom stereocenters. The number of nitrogens with two attached hydrogens (primary N) is 1. The second kappa shape index (κ2) is 4.56. The molecule has 0 saturated heterocycles. The van der Waals surface area contributed by atoms with E-state index in [0.717, 1.165) is 28.0 Å². The zero-order chi connectivity index (χ0) is 14.3. The summed E-state index contributed by atoms with van der Waals surface area (Å²) in [6, 6.07) is 5.82. The van der Waals surface area contributed by atoms with Gasteiger partial charge in [0.1, 0.15) is 11.3 Å². The van der Waals surface area contributed by atoms with Crippen LogP contribution in [0.15, 0.2) is 24.4 Å². The molecule has 1 aromatic carbocycles. The molecule has 2 aromatic heterocycles. The van der Waals surface area contributed by atoms with Crippen LogP contribution in [0.4, 0.5) is 5.95 Å². The zero-order valence-electron chi connectivity index (χ0n) is 11.8. The summed E-state index contributed by atoms with van der Waals surface area (Å²) in [6.45, 7) is 2.69. The maximum Gasteiger partial charge on any atom is 0.201 e. The summed E-state index contributed by atoms with van der Waals surface area (Å²) in [4.78, 5) is 4.41. The summed E-state index contributed by atoms with van der Waals surface area (Å²) in [5, 5.41) is 4.26. The highest BCUT2D eigenvalue weighted by Gasteiger charge is 2.14. The highest BCUT2D eigenvalue weighted by molar-refractivity contribution is 5.84. The fourth-order valence-corrected chi connectivity index (χ4v) is 2.34. The van der Waals surface area contributed by atoms with Crippen molar-refractivity contribution in [3.8, 4) is 5.75 Å². The molecule has 2 heterocycles. The summed E-state index contributed by atoms with van der Waals surface area (Å²) >= 11 is 0. The van der Waals surface area contributed by atoms with Crippen molar-refractivity contribution >= 4 is 17.0 Å². The Morgan fingerprint density at radius 2 is 2.15 bits per heavy atom. The molecular formula is C14H17N5O. The number of imidazole rings is 1. The number of methoxy groups -OCH3 is 1. The smallest absolute Gasteiger partial charge is 0.201 e. The van der Waals surface area contributed by atoms with E-state index in [1.54, 1.807) is 7.11 Å². The van der Waals surface area contributed by atoms with Gasteiger partial charge in [-0.1, -0.05) is 6.07 Å². The number of rotatable bonds is 3. The number of anilines is 1. The Kier molecular flexibility index (Phi) is 2.85. The van der Waals surface area contributed by atoms with Crippen LogP contribution in [0.25, 0.3) is 11.0 Å². The standard InChI is InChI=1S/C14H17N5O/c1-9-10(7-16-18(9)2)8-19-11-5-4-6-12(20-3)13(11)17-14(19)15/h4-7H,8H2,1-3H3,(H2,15,17). The lowest BCUT2D eigenvalue weighted by Crippen LogP contribution is -2.05. The summed E-state index contributed by atoms with van der Waals surface area (Å²) < 4.78 is 9.15. The summed E-state index contributed by atoms with van der Waals surface area (Å²) in [7, 11) is 3.56. The van der Waals surface area contributed by atoms with E-state index in [9.17, 15) is 0 Å². The van der Waals surface area contributed by atoms with Gasteiger partial charge in [-0.3, -0.25) is 4.68 Å². The van der Waals surface area contributed by atoms with Gasteiger partial charge in [-0.2, -0.15) is 5.10 Å². The largest absolute Gasteiger partial charge is 0.494 e. The minimum absolute atomic E-state index is 0.479. The average Bonchev–Trinajstić information content (AvgIpc) is 2.93. The molecule has 0 aliphatic carbocycles. The highest BCUT2D eigenvalue weighted by atomic mass is 16.5. The average molecular weight is 271 g/mol. The number of benzene rings is 1. The Balaban J connectivity index is 2.12. The van der Waals surface area contributed by atoms with E-state index in [1.807, 2.05) is 47.6 Å². The zero-order valence-corrected chi connectivity index (χ0v) is 11.8. The molecule has 2 N–H and O–H groups in total. The first-order chi connectivity index (χ1) is 9.61. The monoisotopic (exact) mass is 271 g/mol. The van der Waals surface area contributed by atoms with Crippen molar-refractivity contribution in [3.63, 3.8) is 0 Å². The third-order valence-corrected chi connectivity index (χ3v) is 3.66. The second-order valence-corrected chi connectivity index (χ2v) is 4.76. The van der Waals surface area contributed by atoms with E-state index in [2.05, 4.69) is 10.1 Å². The molecule has 0 atom stereocenters. The lowest BCUT2D eigenvalue weighted by Gasteiger charge is -2.06. The number of fused-ring (bicyclic) bond motifs is 1. The molecule has 104 valence electrons. The van der Waals surface area contributed by atoms with Gasteiger partial charge in [-0.05, 0) is 19.1 Å². The number of hydrogen-bond donors (Lipinski definition) is 1. The molecule has 6 heteroatoms. The third kappa shape index (κ3) is 1.80. The maximum absolute atomic E-state index is 6.05. The Labute approximate surface area is 116 Å². The van der Waals surface area contributed by atoms with E-state index >= 15 is 0 Å². The molecular weight excluding hydrogens is 254 g/mol. The van der Waals surface area contributed by atoms with Crippen molar-refractivity contribution in [2.24, 2.45) is 7.05 Å². The van der Waals surface area contributed by atoms with Crippen molar-refractivity contribution in [1.29, 1.82) is 0 Å². The number of aryl methyl sites for hydroxylation is 1. The van der Waals surface area contributed by atoms with Crippen molar-refractivity contribution in [2.45, 2.75) is 13.5 Å². The molecule has 3 rings (SSSR count). The van der Waals surface area contributed by atoms with E-state index in [0.29, 0.717) is 12.5 Å². The number of nitrogens with zero attached hydrogens (tertiary/aromatic N) is 4. The fourth-order valence-electron chi connectivity index (χ4n) is 2.34. The van der Waals surface area contributed by atoms with Crippen LogP contribution in [0.1, 0.15) is 11.3 Å². The van der Waals surface area contributed by atoms with Crippen LogP contribution in [-0.4, -0.2) is 26.4 Å². The normalized spacial score (nSPS) is 11.2. The number of para-hydroxylation sites is 1. The van der Waals surface area contributed by atoms with E-state index in [1.165, 1.54) is 0 Å². The topological polar surface area (TPSA) is 70.9 Å². The number of nitrogen functional groups attached to an aromatic ring is 1. The van der Waals surface area contributed by atoms with Gasteiger partial charge in [0.05, 0.1) is 25.4 Å². The van der Waals surface area contributed by atoms with E-state index in [4.69, 9.17) is 10.5 Å². The molecule has 0 bridgehead atoms. The van der Waals surface area contributed by atoms with Gasteiger partial charge >= 0.3 is 0 Å². The quantitative estimate of drug-likeness (QED) is 0.787. The van der Waals surface area contributed by atoms with Crippen LogP contribution in [-0.2, 0) is 13.6 Å². The van der Waals surface area contributed by atoms with Crippen LogP contribution >= 0.6 is 0 Å². The molecule has 20 heavy (non-hydrogen) atoms. The second-order valence-electron chi connectivity index (χ2n) is 4.76. The van der Waals surface area contributed by atoms with Gasteiger partial charge in [-0.25, -0.2) is 4.98 Å². The number of hydrogen-bond acceptors (Lipinski definition) is 4. The predicted molar refractivity (Wildman–Crippen MR) is 77.7 cm³/mol. The van der Waals surface area contributed by atoms with Gasteiger partial charge in [0.25, 0.3) is 0 Å². The van der Waals surface area contributed by atoms with Gasteiger partial charge in [0.15, 0.2) is 0 Å². The minimum atomic E-state index is 0.479. The number of aromatic nitrogens is 4. The van der Waals surface area contributed by atoms with Gasteiger partial charge in [0, 0.05) is 18.3 Å². The molecule has 0 aliphatic heterocycles. The van der Waals surface area contributed by atoms with E-state index in [-0.39, 0.29) is 0 Å². The van der Waals surface area contributed by atoms with Crippen LogP contribution in [0.3, 0.4) is 0 Å². The van der Waals surface area contributed by atoms with Gasteiger partial charge < -0.3 is 15.0 Å². The third-order valence-electron chi connectivity index (χ3n) is 3.66. The maximum atomic E-state index is 6.05. The Bertz CT molecular complexity index is 771. The molecule has 0 spiro atoms. The van der Waals surface area contributed by atoms with Gasteiger partial charge in [-0.15, -0.1) is 0 Å². The minimum Gasteiger partial charge on any atom is -0.494 e. The molecule has 0 aliphatic rings.